The number of hydrogen-bond donors (Lipinski definition) is 3. The van der Waals surface area contributed by atoms with Crippen molar-refractivity contribution in [1.82, 2.24) is 20.7 Å². The molecule has 0 saturated carbocycles. The van der Waals surface area contributed by atoms with Gasteiger partial charge in [0.1, 0.15) is 5.82 Å². The van der Waals surface area contributed by atoms with Crippen molar-refractivity contribution in [3.63, 3.8) is 0 Å². The van der Waals surface area contributed by atoms with Gasteiger partial charge in [-0.1, -0.05) is 12.1 Å². The monoisotopic (exact) mass is 372 g/mol. The molecule has 2 aromatic rings. The zero-order valence-corrected chi connectivity index (χ0v) is 16.0. The maximum Gasteiger partial charge on any atom is 0.255 e. The van der Waals surface area contributed by atoms with Crippen molar-refractivity contribution in [3.05, 3.63) is 58.2 Å². The highest BCUT2D eigenvalue weighted by atomic mass is 19.1. The number of amides is 1. The number of hydrazine groups is 1. The molecule has 1 saturated heterocycles. The Labute approximate surface area is 158 Å². The number of H-pyrrole nitrogens is 1. The summed E-state index contributed by atoms with van der Waals surface area (Å²) in [7, 11) is 1.77. The van der Waals surface area contributed by atoms with Gasteiger partial charge in [-0.15, -0.1) is 0 Å². The van der Waals surface area contributed by atoms with E-state index in [9.17, 15) is 14.0 Å². The molecule has 1 amide bonds. The van der Waals surface area contributed by atoms with E-state index in [1.807, 2.05) is 0 Å². The average molecular weight is 372 g/mol. The lowest BCUT2D eigenvalue weighted by Crippen LogP contribution is -2.35. The summed E-state index contributed by atoms with van der Waals surface area (Å²) in [6, 6.07) is 6.39. The molecule has 3 rings (SSSR count). The van der Waals surface area contributed by atoms with Gasteiger partial charge >= 0.3 is 0 Å². The summed E-state index contributed by atoms with van der Waals surface area (Å²) >= 11 is 0. The predicted octanol–water partition coefficient (Wildman–Crippen LogP) is 2.51. The van der Waals surface area contributed by atoms with Gasteiger partial charge in [0.05, 0.1) is 17.3 Å². The SMILES string of the molecule is CC(=O)c1[nH]c(C)c(C(=O)N(C)CC2CNNC2c2ccc(F)cc2)c1C. The van der Waals surface area contributed by atoms with Crippen LogP contribution >= 0.6 is 0 Å². The van der Waals surface area contributed by atoms with Crippen LogP contribution in [0.5, 0.6) is 0 Å². The van der Waals surface area contributed by atoms with E-state index in [-0.39, 0.29) is 29.5 Å². The Morgan fingerprint density at radius 2 is 1.89 bits per heavy atom. The first kappa shape index (κ1) is 19.3. The Hall–Kier alpha value is -2.51. The maximum atomic E-state index is 13.2. The summed E-state index contributed by atoms with van der Waals surface area (Å²) in [5.41, 5.74) is 9.74. The van der Waals surface area contributed by atoms with Gasteiger partial charge in [-0.3, -0.25) is 15.0 Å². The molecule has 7 heteroatoms. The molecule has 0 spiro atoms. The fourth-order valence-corrected chi connectivity index (χ4v) is 3.78. The first-order valence-electron chi connectivity index (χ1n) is 8.99. The largest absolute Gasteiger partial charge is 0.355 e. The molecule has 1 fully saturated rings. The van der Waals surface area contributed by atoms with E-state index < -0.39 is 0 Å². The number of Topliss-reactive ketones (excluding diaryl/α,β-unsaturated/α-hetero) is 1. The van der Waals surface area contributed by atoms with Gasteiger partial charge in [0.2, 0.25) is 0 Å². The molecule has 2 atom stereocenters. The van der Waals surface area contributed by atoms with Gasteiger partial charge in [0, 0.05) is 38.7 Å². The molecule has 1 aromatic carbocycles. The van der Waals surface area contributed by atoms with Crippen molar-refractivity contribution in [3.8, 4) is 0 Å². The third kappa shape index (κ3) is 3.79. The molecule has 27 heavy (non-hydrogen) atoms. The Kier molecular flexibility index (Phi) is 5.43. The fraction of sp³-hybridized carbons (Fsp3) is 0.400. The summed E-state index contributed by atoms with van der Waals surface area (Å²) in [6.45, 7) is 6.31. The minimum absolute atomic E-state index is 0.0120. The van der Waals surface area contributed by atoms with Gasteiger partial charge in [-0.05, 0) is 37.1 Å². The second-order valence-electron chi connectivity index (χ2n) is 7.18. The molecule has 6 nitrogen and oxygen atoms in total. The van der Waals surface area contributed by atoms with Crippen LogP contribution in [-0.4, -0.2) is 41.7 Å². The van der Waals surface area contributed by atoms with Gasteiger partial charge in [0.15, 0.2) is 5.78 Å². The van der Waals surface area contributed by atoms with E-state index in [0.29, 0.717) is 35.6 Å². The highest BCUT2D eigenvalue weighted by Crippen LogP contribution is 2.27. The van der Waals surface area contributed by atoms with Crippen molar-refractivity contribution in [2.45, 2.75) is 26.8 Å². The minimum atomic E-state index is -0.270. The van der Waals surface area contributed by atoms with Gasteiger partial charge in [0.25, 0.3) is 5.91 Å². The number of halogens is 1. The van der Waals surface area contributed by atoms with E-state index in [1.54, 1.807) is 37.9 Å². The van der Waals surface area contributed by atoms with E-state index >= 15 is 0 Å². The Morgan fingerprint density at radius 3 is 2.48 bits per heavy atom. The zero-order chi connectivity index (χ0) is 19.7. The number of aromatic amines is 1. The van der Waals surface area contributed by atoms with E-state index in [1.165, 1.54) is 19.1 Å². The number of benzene rings is 1. The molecule has 1 aromatic heterocycles. The molecule has 2 heterocycles. The first-order valence-corrected chi connectivity index (χ1v) is 8.99. The number of ketones is 1. The molecule has 2 unspecified atom stereocenters. The van der Waals surface area contributed by atoms with Crippen LogP contribution in [0.3, 0.4) is 0 Å². The van der Waals surface area contributed by atoms with E-state index in [2.05, 4.69) is 15.8 Å². The fourth-order valence-electron chi connectivity index (χ4n) is 3.78. The van der Waals surface area contributed by atoms with Gasteiger partial charge < -0.3 is 9.88 Å². The van der Waals surface area contributed by atoms with Crippen LogP contribution in [0.1, 0.15) is 50.6 Å². The van der Waals surface area contributed by atoms with Crippen molar-refractivity contribution in [2.75, 3.05) is 20.1 Å². The third-order valence-corrected chi connectivity index (χ3v) is 5.18. The summed E-state index contributed by atoms with van der Waals surface area (Å²) in [4.78, 5) is 29.4. The first-order chi connectivity index (χ1) is 12.8. The van der Waals surface area contributed by atoms with Crippen LogP contribution in [-0.2, 0) is 0 Å². The molecule has 0 aliphatic carbocycles. The highest BCUT2D eigenvalue weighted by Gasteiger charge is 2.31. The summed E-state index contributed by atoms with van der Waals surface area (Å²) in [6.07, 6.45) is 0. The lowest BCUT2D eigenvalue weighted by Gasteiger charge is -2.25. The number of rotatable bonds is 5. The zero-order valence-electron chi connectivity index (χ0n) is 16.0. The van der Waals surface area contributed by atoms with E-state index in [4.69, 9.17) is 0 Å². The van der Waals surface area contributed by atoms with Crippen LogP contribution < -0.4 is 10.9 Å². The van der Waals surface area contributed by atoms with Gasteiger partial charge in [-0.2, -0.15) is 0 Å². The van der Waals surface area contributed by atoms with Crippen LogP contribution in [0.2, 0.25) is 0 Å². The smallest absolute Gasteiger partial charge is 0.255 e. The number of nitrogens with one attached hydrogen (secondary N) is 3. The molecule has 1 aliphatic heterocycles. The second kappa shape index (κ2) is 7.62. The topological polar surface area (TPSA) is 77.2 Å². The number of aryl methyl sites for hydroxylation is 1. The van der Waals surface area contributed by atoms with Crippen molar-refractivity contribution >= 4 is 11.7 Å². The van der Waals surface area contributed by atoms with Crippen LogP contribution in [0, 0.1) is 25.6 Å². The Bertz CT molecular complexity index is 860. The lowest BCUT2D eigenvalue weighted by atomic mass is 9.94. The molecule has 144 valence electrons. The molecular formula is C20H25FN4O2. The molecule has 3 N–H and O–H groups in total. The predicted molar refractivity (Wildman–Crippen MR) is 101 cm³/mol. The van der Waals surface area contributed by atoms with Crippen LogP contribution in [0.25, 0.3) is 0 Å². The quantitative estimate of drug-likeness (QED) is 0.705. The number of carbonyl (C=O) groups excluding carboxylic acids is 2. The van der Waals surface area contributed by atoms with Gasteiger partial charge in [-0.25, -0.2) is 9.82 Å². The van der Waals surface area contributed by atoms with E-state index in [0.717, 1.165) is 5.56 Å². The summed E-state index contributed by atoms with van der Waals surface area (Å²) < 4.78 is 13.2. The molecule has 1 aliphatic rings. The standard InChI is InChI=1S/C20H25FN4O2/c1-11-17(12(2)23-18(11)13(3)26)20(27)25(4)10-15-9-22-24-19(15)14-5-7-16(21)8-6-14/h5-8,15,19,22-24H,9-10H2,1-4H3. The second-order valence-corrected chi connectivity index (χ2v) is 7.18. The number of hydrogen-bond acceptors (Lipinski definition) is 4. The summed E-state index contributed by atoms with van der Waals surface area (Å²) in [5, 5.41) is 0. The van der Waals surface area contributed by atoms with Crippen molar-refractivity contribution < 1.29 is 14.0 Å². The average Bonchev–Trinajstić information content (AvgIpc) is 3.19. The maximum absolute atomic E-state index is 13.2. The Morgan fingerprint density at radius 1 is 1.22 bits per heavy atom. The Balaban J connectivity index is 1.76. The molecule has 0 bridgehead atoms. The lowest BCUT2D eigenvalue weighted by molar-refractivity contribution is 0.0770. The molecular weight excluding hydrogens is 347 g/mol. The number of aromatic nitrogens is 1. The van der Waals surface area contributed by atoms with Crippen LogP contribution in [0.15, 0.2) is 24.3 Å². The number of carbonyl (C=O) groups is 2. The highest BCUT2D eigenvalue weighted by molar-refractivity contribution is 6.02. The number of nitrogens with zero attached hydrogens (tertiary/aromatic N) is 1. The minimum Gasteiger partial charge on any atom is -0.355 e. The normalized spacial score (nSPS) is 19.3. The van der Waals surface area contributed by atoms with Crippen molar-refractivity contribution in [2.24, 2.45) is 5.92 Å². The van der Waals surface area contributed by atoms with Crippen molar-refractivity contribution in [1.29, 1.82) is 0 Å². The summed E-state index contributed by atoms with van der Waals surface area (Å²) in [5.74, 6) is -0.333. The van der Waals surface area contributed by atoms with Crippen LogP contribution in [0.4, 0.5) is 4.39 Å². The molecule has 0 radical (unpaired) electrons. The third-order valence-electron chi connectivity index (χ3n) is 5.18.